The Kier molecular flexibility index (Phi) is 4.93. The van der Waals surface area contributed by atoms with Crippen LogP contribution in [0.1, 0.15) is 24.0 Å². The average Bonchev–Trinajstić information content (AvgIpc) is 3.25. The van der Waals surface area contributed by atoms with Gasteiger partial charge in [-0.15, -0.1) is 0 Å². The Bertz CT molecular complexity index is 413. The molecule has 104 valence electrons. The molecular formula is C15H22N2O2. The molecule has 0 unspecified atom stereocenters. The lowest BCUT2D eigenvalue weighted by molar-refractivity contribution is -0.131. The first-order valence-electron chi connectivity index (χ1n) is 6.81. The predicted octanol–water partition coefficient (Wildman–Crippen LogP) is 1.33. The van der Waals surface area contributed by atoms with Crippen molar-refractivity contribution in [1.82, 2.24) is 4.90 Å². The van der Waals surface area contributed by atoms with E-state index in [1.165, 1.54) is 0 Å². The van der Waals surface area contributed by atoms with Crippen molar-refractivity contribution < 1.29 is 9.53 Å². The summed E-state index contributed by atoms with van der Waals surface area (Å²) in [6, 6.07) is 8.38. The van der Waals surface area contributed by atoms with Crippen LogP contribution in [0.4, 0.5) is 0 Å². The lowest BCUT2D eigenvalue weighted by Gasteiger charge is -2.22. The monoisotopic (exact) mass is 262 g/mol. The van der Waals surface area contributed by atoms with Gasteiger partial charge >= 0.3 is 0 Å². The molecule has 0 bridgehead atoms. The van der Waals surface area contributed by atoms with Crippen LogP contribution in [-0.4, -0.2) is 37.1 Å². The minimum atomic E-state index is 0.194. The zero-order valence-corrected chi connectivity index (χ0v) is 11.5. The normalized spacial score (nSPS) is 14.4. The van der Waals surface area contributed by atoms with Crippen LogP contribution in [-0.2, 0) is 22.5 Å². The minimum Gasteiger partial charge on any atom is -0.383 e. The average molecular weight is 262 g/mol. The first-order valence-corrected chi connectivity index (χ1v) is 6.81. The topological polar surface area (TPSA) is 55.6 Å². The maximum atomic E-state index is 12.3. The molecule has 1 aliphatic carbocycles. The molecule has 0 radical (unpaired) electrons. The van der Waals surface area contributed by atoms with Crippen LogP contribution < -0.4 is 5.73 Å². The smallest absolute Gasteiger partial charge is 0.227 e. The number of nitrogens with zero attached hydrogens (tertiary/aromatic N) is 1. The maximum Gasteiger partial charge on any atom is 0.227 e. The van der Waals surface area contributed by atoms with E-state index >= 15 is 0 Å². The molecule has 19 heavy (non-hydrogen) atoms. The molecule has 0 aliphatic heterocycles. The zero-order chi connectivity index (χ0) is 13.7. The first kappa shape index (κ1) is 14.0. The van der Waals surface area contributed by atoms with Gasteiger partial charge in [-0.1, -0.05) is 24.3 Å². The molecule has 1 aliphatic rings. The zero-order valence-electron chi connectivity index (χ0n) is 11.5. The largest absolute Gasteiger partial charge is 0.383 e. The second-order valence-electron chi connectivity index (χ2n) is 5.01. The number of ether oxygens (including phenoxy) is 1. The van der Waals surface area contributed by atoms with E-state index < -0.39 is 0 Å². The van der Waals surface area contributed by atoms with Gasteiger partial charge in [-0.3, -0.25) is 4.79 Å². The summed E-state index contributed by atoms with van der Waals surface area (Å²) < 4.78 is 5.07. The van der Waals surface area contributed by atoms with Crippen LogP contribution in [0, 0.1) is 0 Å². The summed E-state index contributed by atoms with van der Waals surface area (Å²) in [7, 11) is 1.67. The van der Waals surface area contributed by atoms with E-state index in [1.54, 1.807) is 7.11 Å². The fourth-order valence-corrected chi connectivity index (χ4v) is 2.16. The summed E-state index contributed by atoms with van der Waals surface area (Å²) in [5, 5.41) is 0. The highest BCUT2D eigenvalue weighted by molar-refractivity contribution is 5.79. The van der Waals surface area contributed by atoms with Crippen molar-refractivity contribution in [3.8, 4) is 0 Å². The molecule has 2 N–H and O–H groups in total. The van der Waals surface area contributed by atoms with Gasteiger partial charge in [0, 0.05) is 26.2 Å². The van der Waals surface area contributed by atoms with Gasteiger partial charge in [-0.05, 0) is 24.0 Å². The third-order valence-corrected chi connectivity index (χ3v) is 3.46. The van der Waals surface area contributed by atoms with E-state index in [0.717, 1.165) is 24.0 Å². The summed E-state index contributed by atoms with van der Waals surface area (Å²) in [4.78, 5) is 14.3. The molecule has 0 saturated heterocycles. The molecule has 0 atom stereocenters. The third kappa shape index (κ3) is 4.04. The van der Waals surface area contributed by atoms with Gasteiger partial charge in [0.2, 0.25) is 5.91 Å². The van der Waals surface area contributed by atoms with Gasteiger partial charge in [0.25, 0.3) is 0 Å². The first-order chi connectivity index (χ1) is 9.24. The van der Waals surface area contributed by atoms with Gasteiger partial charge in [-0.2, -0.15) is 0 Å². The number of amides is 1. The Morgan fingerprint density at radius 1 is 1.32 bits per heavy atom. The lowest BCUT2D eigenvalue weighted by Crippen LogP contribution is -2.36. The quantitative estimate of drug-likeness (QED) is 0.806. The second-order valence-corrected chi connectivity index (χ2v) is 5.01. The van der Waals surface area contributed by atoms with E-state index in [9.17, 15) is 4.79 Å². The fraction of sp³-hybridized carbons (Fsp3) is 0.533. The second kappa shape index (κ2) is 6.68. The molecule has 1 saturated carbocycles. The summed E-state index contributed by atoms with van der Waals surface area (Å²) in [5.74, 6) is 0.194. The molecule has 1 aromatic rings. The van der Waals surface area contributed by atoms with Crippen LogP contribution in [0.2, 0.25) is 0 Å². The number of benzene rings is 1. The minimum absolute atomic E-state index is 0.194. The van der Waals surface area contributed by atoms with Gasteiger partial charge in [-0.25, -0.2) is 0 Å². The Morgan fingerprint density at radius 2 is 1.95 bits per heavy atom. The number of carbonyl (C=O) groups excluding carboxylic acids is 1. The molecular weight excluding hydrogens is 240 g/mol. The number of hydrogen-bond acceptors (Lipinski definition) is 3. The Morgan fingerprint density at radius 3 is 2.47 bits per heavy atom. The van der Waals surface area contributed by atoms with Crippen LogP contribution >= 0.6 is 0 Å². The summed E-state index contributed by atoms with van der Waals surface area (Å²) in [6.45, 7) is 1.84. The summed E-state index contributed by atoms with van der Waals surface area (Å²) in [6.07, 6.45) is 2.72. The third-order valence-electron chi connectivity index (χ3n) is 3.46. The van der Waals surface area contributed by atoms with Crippen molar-refractivity contribution >= 4 is 5.91 Å². The van der Waals surface area contributed by atoms with Crippen molar-refractivity contribution in [2.75, 3.05) is 20.3 Å². The molecule has 2 rings (SSSR count). The van der Waals surface area contributed by atoms with Crippen molar-refractivity contribution in [1.29, 1.82) is 0 Å². The highest BCUT2D eigenvalue weighted by atomic mass is 16.5. The van der Waals surface area contributed by atoms with Crippen LogP contribution in [0.15, 0.2) is 24.3 Å². The van der Waals surface area contributed by atoms with Gasteiger partial charge in [0.15, 0.2) is 0 Å². The summed E-state index contributed by atoms with van der Waals surface area (Å²) >= 11 is 0. The molecule has 0 spiro atoms. The van der Waals surface area contributed by atoms with Crippen LogP contribution in [0.5, 0.6) is 0 Å². The standard InChI is InChI=1S/C15H22N2O2/c1-19-9-8-17(14-6-7-14)15(18)10-12-2-4-13(11-16)5-3-12/h2-5,14H,6-11,16H2,1H3. The SMILES string of the molecule is COCCN(C(=O)Cc1ccc(CN)cc1)C1CC1. The predicted molar refractivity (Wildman–Crippen MR) is 74.6 cm³/mol. The molecule has 0 heterocycles. The van der Waals surface area contributed by atoms with E-state index in [0.29, 0.717) is 32.2 Å². The van der Waals surface area contributed by atoms with Crippen molar-refractivity contribution in [3.05, 3.63) is 35.4 Å². The Hall–Kier alpha value is -1.39. The van der Waals surface area contributed by atoms with E-state index in [1.807, 2.05) is 29.2 Å². The van der Waals surface area contributed by atoms with Gasteiger partial charge in [0.05, 0.1) is 13.0 Å². The molecule has 4 nitrogen and oxygen atoms in total. The number of rotatable bonds is 7. The molecule has 1 aromatic carbocycles. The number of methoxy groups -OCH3 is 1. The number of nitrogens with two attached hydrogens (primary N) is 1. The maximum absolute atomic E-state index is 12.3. The Balaban J connectivity index is 1.93. The number of hydrogen-bond donors (Lipinski definition) is 1. The van der Waals surface area contributed by atoms with Gasteiger partial charge in [0.1, 0.15) is 0 Å². The van der Waals surface area contributed by atoms with E-state index in [4.69, 9.17) is 10.5 Å². The van der Waals surface area contributed by atoms with Crippen molar-refractivity contribution in [2.24, 2.45) is 5.73 Å². The van der Waals surface area contributed by atoms with Crippen LogP contribution in [0.25, 0.3) is 0 Å². The van der Waals surface area contributed by atoms with Crippen molar-refractivity contribution in [3.63, 3.8) is 0 Å². The fourth-order valence-electron chi connectivity index (χ4n) is 2.16. The lowest BCUT2D eigenvalue weighted by atomic mass is 10.1. The van der Waals surface area contributed by atoms with Crippen LogP contribution in [0.3, 0.4) is 0 Å². The molecule has 1 amide bonds. The number of carbonyl (C=O) groups is 1. The van der Waals surface area contributed by atoms with Crippen molar-refractivity contribution in [2.45, 2.75) is 31.8 Å². The molecule has 1 fully saturated rings. The van der Waals surface area contributed by atoms with Gasteiger partial charge < -0.3 is 15.4 Å². The molecule has 4 heteroatoms. The highest BCUT2D eigenvalue weighted by Crippen LogP contribution is 2.27. The molecule has 0 aromatic heterocycles. The van der Waals surface area contributed by atoms with E-state index in [2.05, 4.69) is 0 Å². The Labute approximate surface area is 114 Å². The highest BCUT2D eigenvalue weighted by Gasteiger charge is 2.31. The summed E-state index contributed by atoms with van der Waals surface area (Å²) in [5.41, 5.74) is 7.70. The van der Waals surface area contributed by atoms with E-state index in [-0.39, 0.29) is 5.91 Å².